The second-order valence-corrected chi connectivity index (χ2v) is 11.3. The van der Waals surface area contributed by atoms with Crippen molar-refractivity contribution in [2.75, 3.05) is 45.9 Å². The van der Waals surface area contributed by atoms with Crippen LogP contribution in [0.4, 0.5) is 4.79 Å². The summed E-state index contributed by atoms with van der Waals surface area (Å²) in [6, 6.07) is 12.2. The molecule has 1 N–H and O–H groups in total. The summed E-state index contributed by atoms with van der Waals surface area (Å²) >= 11 is 0. The minimum atomic E-state index is -0.892. The Balaban J connectivity index is 1.39. The Labute approximate surface area is 243 Å². The Morgan fingerprint density at radius 1 is 1.20 bits per heavy atom. The Bertz CT molecular complexity index is 1090. The van der Waals surface area contributed by atoms with Gasteiger partial charge in [-0.05, 0) is 44.1 Å². The monoisotopic (exact) mass is 564 g/mol. The number of benzene rings is 1. The van der Waals surface area contributed by atoms with Crippen LogP contribution >= 0.6 is 0 Å². The van der Waals surface area contributed by atoms with E-state index in [4.69, 9.17) is 14.5 Å². The number of carbonyl (C=O) groups excluding carboxylic acids is 2. The Morgan fingerprint density at radius 2 is 1.95 bits per heavy atom. The zero-order valence-electron chi connectivity index (χ0n) is 24.3. The van der Waals surface area contributed by atoms with E-state index in [9.17, 15) is 14.9 Å². The van der Waals surface area contributed by atoms with E-state index in [0.717, 1.165) is 38.9 Å². The fraction of sp³-hybridized carbons (Fsp3) is 0.645. The third kappa shape index (κ3) is 9.56. The zero-order chi connectivity index (χ0) is 28.9. The van der Waals surface area contributed by atoms with Crippen LogP contribution in [0, 0.1) is 17.2 Å². The molecule has 0 bridgehead atoms. The number of nitriles is 1. The summed E-state index contributed by atoms with van der Waals surface area (Å²) in [5.74, 6) is 0.666. The quantitative estimate of drug-likeness (QED) is 0.337. The van der Waals surface area contributed by atoms with Gasteiger partial charge < -0.3 is 24.6 Å². The van der Waals surface area contributed by atoms with E-state index >= 15 is 0 Å². The SMILES string of the molecule is CCOC(=O)N=CN1CCOC(=NC(CC2CCCCC2)C(=O)NC2(C#N)CCN(CCc3ccccc3)CC2)C1. The smallest absolute Gasteiger partial charge is 0.434 e. The van der Waals surface area contributed by atoms with Gasteiger partial charge in [0.1, 0.15) is 18.2 Å². The van der Waals surface area contributed by atoms with Gasteiger partial charge in [0.05, 0.1) is 32.1 Å². The average molecular weight is 565 g/mol. The Hall–Kier alpha value is -3.45. The number of piperidine rings is 1. The van der Waals surface area contributed by atoms with Gasteiger partial charge >= 0.3 is 6.09 Å². The number of nitrogens with one attached hydrogen (secondary N) is 1. The largest absolute Gasteiger partial charge is 0.478 e. The van der Waals surface area contributed by atoms with E-state index in [0.29, 0.717) is 50.8 Å². The van der Waals surface area contributed by atoms with Crippen LogP contribution in [0.5, 0.6) is 0 Å². The van der Waals surface area contributed by atoms with Gasteiger partial charge in [0, 0.05) is 19.6 Å². The highest BCUT2D eigenvalue weighted by atomic mass is 16.5. The van der Waals surface area contributed by atoms with Crippen molar-refractivity contribution in [3.8, 4) is 6.07 Å². The van der Waals surface area contributed by atoms with E-state index in [1.807, 2.05) is 11.0 Å². The molecule has 2 amide bonds. The van der Waals surface area contributed by atoms with Crippen molar-refractivity contribution >= 4 is 24.2 Å². The molecule has 0 aromatic heterocycles. The van der Waals surface area contributed by atoms with Crippen LogP contribution in [0.2, 0.25) is 0 Å². The highest BCUT2D eigenvalue weighted by Gasteiger charge is 2.38. The van der Waals surface area contributed by atoms with E-state index in [1.165, 1.54) is 31.2 Å². The number of ether oxygens (including phenoxy) is 2. The number of nitrogens with zero attached hydrogens (tertiary/aromatic N) is 5. The van der Waals surface area contributed by atoms with Crippen LogP contribution in [0.15, 0.2) is 40.3 Å². The van der Waals surface area contributed by atoms with Crippen LogP contribution in [0.3, 0.4) is 0 Å². The molecule has 1 aromatic rings. The highest BCUT2D eigenvalue weighted by molar-refractivity contribution is 5.89. The maximum absolute atomic E-state index is 13.7. The first kappa shape index (κ1) is 30.5. The fourth-order valence-corrected chi connectivity index (χ4v) is 5.85. The molecule has 1 aliphatic carbocycles. The topological polar surface area (TPSA) is 120 Å². The Morgan fingerprint density at radius 3 is 2.66 bits per heavy atom. The molecule has 1 aromatic carbocycles. The number of likely N-dealkylation sites (tertiary alicyclic amines) is 1. The number of amides is 2. The van der Waals surface area contributed by atoms with Gasteiger partial charge in [0.2, 0.25) is 11.8 Å². The van der Waals surface area contributed by atoms with E-state index in [2.05, 4.69) is 45.5 Å². The van der Waals surface area contributed by atoms with Gasteiger partial charge in [-0.1, -0.05) is 62.4 Å². The van der Waals surface area contributed by atoms with Gasteiger partial charge in [-0.2, -0.15) is 10.3 Å². The van der Waals surface area contributed by atoms with Crippen molar-refractivity contribution in [3.63, 3.8) is 0 Å². The van der Waals surface area contributed by atoms with E-state index in [1.54, 1.807) is 6.92 Å². The molecule has 222 valence electrons. The molecule has 3 aliphatic rings. The van der Waals surface area contributed by atoms with E-state index in [-0.39, 0.29) is 12.5 Å². The first-order chi connectivity index (χ1) is 20.0. The minimum absolute atomic E-state index is 0.205. The first-order valence-electron chi connectivity index (χ1n) is 15.1. The molecular weight excluding hydrogens is 520 g/mol. The molecule has 0 spiro atoms. The van der Waals surface area contributed by atoms with Crippen molar-refractivity contribution in [2.24, 2.45) is 15.9 Å². The molecule has 3 fully saturated rings. The van der Waals surface area contributed by atoms with Crippen molar-refractivity contribution in [1.29, 1.82) is 5.26 Å². The lowest BCUT2D eigenvalue weighted by molar-refractivity contribution is -0.124. The number of carbonyl (C=O) groups is 2. The number of rotatable bonds is 10. The summed E-state index contributed by atoms with van der Waals surface area (Å²) in [7, 11) is 0. The Kier molecular flexibility index (Phi) is 11.6. The lowest BCUT2D eigenvalue weighted by Crippen LogP contribution is -2.56. The maximum Gasteiger partial charge on any atom is 0.434 e. The van der Waals surface area contributed by atoms with Crippen molar-refractivity contribution in [3.05, 3.63) is 35.9 Å². The average Bonchev–Trinajstić information content (AvgIpc) is 3.01. The van der Waals surface area contributed by atoms with Crippen LogP contribution in [-0.4, -0.2) is 91.6 Å². The highest BCUT2D eigenvalue weighted by Crippen LogP contribution is 2.29. The molecule has 1 saturated carbocycles. The van der Waals surface area contributed by atoms with Crippen LogP contribution in [0.25, 0.3) is 0 Å². The van der Waals surface area contributed by atoms with Gasteiger partial charge in [-0.15, -0.1) is 0 Å². The number of hydrogen-bond donors (Lipinski definition) is 1. The second kappa shape index (κ2) is 15.5. The van der Waals surface area contributed by atoms with Crippen molar-refractivity contribution < 1.29 is 19.1 Å². The van der Waals surface area contributed by atoms with Gasteiger partial charge in [-0.25, -0.2) is 9.79 Å². The third-order valence-corrected chi connectivity index (χ3v) is 8.31. The zero-order valence-corrected chi connectivity index (χ0v) is 24.3. The predicted molar refractivity (Wildman–Crippen MR) is 158 cm³/mol. The van der Waals surface area contributed by atoms with Crippen molar-refractivity contribution in [1.82, 2.24) is 15.1 Å². The summed E-state index contributed by atoms with van der Waals surface area (Å²) in [4.78, 5) is 38.2. The van der Waals surface area contributed by atoms with Crippen LogP contribution in [0.1, 0.15) is 63.9 Å². The van der Waals surface area contributed by atoms with E-state index < -0.39 is 17.7 Å². The van der Waals surface area contributed by atoms with Crippen molar-refractivity contribution in [2.45, 2.75) is 76.3 Å². The molecule has 2 saturated heterocycles. The molecule has 1 unspecified atom stereocenters. The molecule has 1 atom stereocenters. The normalized spacial score (nSPS) is 21.7. The number of morpholine rings is 1. The fourth-order valence-electron chi connectivity index (χ4n) is 5.85. The maximum atomic E-state index is 13.7. The summed E-state index contributed by atoms with van der Waals surface area (Å²) in [5, 5.41) is 13.3. The molecule has 41 heavy (non-hydrogen) atoms. The summed E-state index contributed by atoms with van der Waals surface area (Å²) in [5.41, 5.74) is 0.412. The number of aliphatic imine (C=N–C) groups is 2. The first-order valence-corrected chi connectivity index (χ1v) is 15.1. The molecule has 4 rings (SSSR count). The molecule has 10 heteroatoms. The summed E-state index contributed by atoms with van der Waals surface area (Å²) in [6.07, 6.45) is 9.35. The molecule has 0 radical (unpaired) electrons. The van der Waals surface area contributed by atoms with Crippen LogP contribution < -0.4 is 5.32 Å². The van der Waals surface area contributed by atoms with Gasteiger partial charge in [0.15, 0.2) is 0 Å². The molecular formula is C31H44N6O4. The lowest BCUT2D eigenvalue weighted by atomic mass is 9.84. The summed E-state index contributed by atoms with van der Waals surface area (Å²) < 4.78 is 10.7. The molecule has 2 aliphatic heterocycles. The predicted octanol–water partition coefficient (Wildman–Crippen LogP) is 3.96. The lowest BCUT2D eigenvalue weighted by Gasteiger charge is -2.38. The minimum Gasteiger partial charge on any atom is -0.478 e. The third-order valence-electron chi connectivity index (χ3n) is 8.31. The van der Waals surface area contributed by atoms with Gasteiger partial charge in [-0.3, -0.25) is 4.79 Å². The molecule has 2 heterocycles. The number of hydrogen-bond acceptors (Lipinski definition) is 7. The van der Waals surface area contributed by atoms with Crippen LogP contribution in [-0.2, 0) is 20.7 Å². The van der Waals surface area contributed by atoms with Gasteiger partial charge in [0.25, 0.3) is 0 Å². The summed E-state index contributed by atoms with van der Waals surface area (Å²) in [6.45, 7) is 5.71. The second-order valence-electron chi connectivity index (χ2n) is 11.3. The molecule has 10 nitrogen and oxygen atoms in total. The standard InChI is InChI=1S/C31H44N6O4/c1-2-40-30(39)33-24-37-19-20-41-28(22-37)34-27(21-26-11-7-4-8-12-26)29(38)35-31(23-32)14-17-36(18-15-31)16-13-25-9-5-3-6-10-25/h3,5-6,9-10,24,26-27H,2,4,7-8,11-22H2,1H3,(H,35,38).